The standard InChI is InChI=1S/C30H43NO4/c1-18(2)15-26(31)28(33)35-21-11-13-29(3)20(16-21)6-7-22-24-9-8-23(19-5-10-27(32)34-17-19)30(24,4)14-12-25(22)29/h5,9-10,17-18,20-23,25-26H,6-8,11-16,31H2,1-4H3/t20-,21+,22+,23-,25+,26+,29+,30-/m1/s1. The van der Waals surface area contributed by atoms with Gasteiger partial charge < -0.3 is 14.9 Å². The molecule has 5 rings (SSSR count). The van der Waals surface area contributed by atoms with Crippen molar-refractivity contribution in [2.24, 2.45) is 40.2 Å². The van der Waals surface area contributed by atoms with E-state index in [0.717, 1.165) is 31.2 Å². The van der Waals surface area contributed by atoms with Gasteiger partial charge >= 0.3 is 11.6 Å². The lowest BCUT2D eigenvalue weighted by Gasteiger charge is -2.59. The third-order valence-corrected chi connectivity index (χ3v) is 10.5. The van der Waals surface area contributed by atoms with Crippen molar-refractivity contribution in [3.05, 3.63) is 46.0 Å². The molecule has 4 aliphatic carbocycles. The summed E-state index contributed by atoms with van der Waals surface area (Å²) in [7, 11) is 0. The minimum absolute atomic E-state index is 0.0204. The summed E-state index contributed by atoms with van der Waals surface area (Å²) in [5, 5.41) is 0. The summed E-state index contributed by atoms with van der Waals surface area (Å²) in [4.78, 5) is 24.1. The van der Waals surface area contributed by atoms with Gasteiger partial charge in [-0.25, -0.2) is 4.79 Å². The first-order valence-corrected chi connectivity index (χ1v) is 13.9. The number of fused-ring (bicyclic) bond motifs is 5. The third kappa shape index (κ3) is 4.32. The molecule has 8 atom stereocenters. The summed E-state index contributed by atoms with van der Waals surface area (Å²) in [6, 6.07) is 3.03. The monoisotopic (exact) mass is 481 g/mol. The number of ether oxygens (including phenoxy) is 1. The Balaban J connectivity index is 1.27. The highest BCUT2D eigenvalue weighted by Gasteiger charge is 2.58. The number of nitrogens with two attached hydrogens (primary N) is 1. The van der Waals surface area contributed by atoms with Crippen LogP contribution in [0.4, 0.5) is 0 Å². The lowest BCUT2D eigenvalue weighted by Crippen LogP contribution is -2.52. The van der Waals surface area contributed by atoms with Crippen LogP contribution in [0, 0.1) is 34.5 Å². The molecule has 1 aromatic rings. The first kappa shape index (κ1) is 24.8. The van der Waals surface area contributed by atoms with Gasteiger partial charge in [0.15, 0.2) is 0 Å². The van der Waals surface area contributed by atoms with Crippen LogP contribution in [-0.2, 0) is 9.53 Å². The smallest absolute Gasteiger partial charge is 0.335 e. The summed E-state index contributed by atoms with van der Waals surface area (Å²) in [6.45, 7) is 9.15. The number of hydrogen-bond acceptors (Lipinski definition) is 5. The van der Waals surface area contributed by atoms with Crippen LogP contribution in [0.1, 0.15) is 97.0 Å². The lowest BCUT2D eigenvalue weighted by molar-refractivity contribution is -0.159. The number of allylic oxidation sites excluding steroid dienone is 2. The average Bonchev–Trinajstić information content (AvgIpc) is 3.16. The highest BCUT2D eigenvalue weighted by molar-refractivity contribution is 5.75. The zero-order valence-electron chi connectivity index (χ0n) is 21.9. The molecule has 3 fully saturated rings. The molecule has 0 unspecified atom stereocenters. The molecule has 3 saturated carbocycles. The molecule has 5 nitrogen and oxygen atoms in total. The molecule has 2 N–H and O–H groups in total. The van der Waals surface area contributed by atoms with E-state index in [1.165, 1.54) is 25.7 Å². The van der Waals surface area contributed by atoms with Crippen molar-refractivity contribution in [2.45, 2.75) is 104 Å². The van der Waals surface area contributed by atoms with E-state index in [1.54, 1.807) is 17.9 Å². The predicted octanol–water partition coefficient (Wildman–Crippen LogP) is 5.97. The van der Waals surface area contributed by atoms with E-state index in [9.17, 15) is 9.59 Å². The van der Waals surface area contributed by atoms with E-state index < -0.39 is 6.04 Å². The Bertz CT molecular complexity index is 1020. The number of carbonyl (C=O) groups is 1. The van der Waals surface area contributed by atoms with Gasteiger partial charge in [-0.05, 0) is 110 Å². The van der Waals surface area contributed by atoms with Crippen LogP contribution in [0.2, 0.25) is 0 Å². The van der Waals surface area contributed by atoms with Gasteiger partial charge in [-0.3, -0.25) is 4.79 Å². The Hall–Kier alpha value is -1.88. The highest BCUT2D eigenvalue weighted by Crippen LogP contribution is 2.67. The molecular weight excluding hydrogens is 438 g/mol. The Morgan fingerprint density at radius 1 is 1.17 bits per heavy atom. The van der Waals surface area contributed by atoms with E-state index >= 15 is 0 Å². The van der Waals surface area contributed by atoms with Gasteiger partial charge in [0, 0.05) is 6.07 Å². The minimum atomic E-state index is -0.505. The Morgan fingerprint density at radius 2 is 1.97 bits per heavy atom. The van der Waals surface area contributed by atoms with Crippen molar-refractivity contribution in [1.29, 1.82) is 0 Å². The third-order valence-electron chi connectivity index (χ3n) is 10.5. The Labute approximate surface area is 209 Å². The van der Waals surface area contributed by atoms with E-state index in [2.05, 4.69) is 33.8 Å². The van der Waals surface area contributed by atoms with Crippen molar-refractivity contribution in [3.8, 4) is 0 Å². The van der Waals surface area contributed by atoms with Crippen LogP contribution < -0.4 is 11.4 Å². The summed E-state index contributed by atoms with van der Waals surface area (Å²) in [5.41, 5.74) is 9.12. The van der Waals surface area contributed by atoms with Crippen molar-refractivity contribution in [1.82, 2.24) is 0 Å². The largest absolute Gasteiger partial charge is 0.461 e. The van der Waals surface area contributed by atoms with E-state index in [-0.39, 0.29) is 23.1 Å². The lowest BCUT2D eigenvalue weighted by atomic mass is 9.46. The van der Waals surface area contributed by atoms with E-state index in [4.69, 9.17) is 14.9 Å². The molecule has 0 spiro atoms. The molecule has 192 valence electrons. The summed E-state index contributed by atoms with van der Waals surface area (Å²) in [6.07, 6.45) is 13.9. The fourth-order valence-electron chi connectivity index (χ4n) is 8.58. The van der Waals surface area contributed by atoms with E-state index in [1.807, 2.05) is 6.07 Å². The van der Waals surface area contributed by atoms with Gasteiger partial charge in [0.2, 0.25) is 0 Å². The number of hydrogen-bond donors (Lipinski definition) is 1. The molecule has 0 amide bonds. The second kappa shape index (κ2) is 9.21. The topological polar surface area (TPSA) is 82.5 Å². The molecule has 35 heavy (non-hydrogen) atoms. The normalized spacial score (nSPS) is 39.3. The second-order valence-corrected chi connectivity index (χ2v) is 12.9. The SMILES string of the molecule is CC(C)C[C@H](N)C(=O)O[C@H]1CC[C@@]2(C)[C@H](CC[C@H]3C4=CC[C@H](c5ccc(=O)oc5)[C@@]4(C)CC[C@@H]32)C1. The first-order chi connectivity index (χ1) is 16.6. The van der Waals surface area contributed by atoms with Gasteiger partial charge in [0.05, 0.1) is 6.26 Å². The molecule has 4 aliphatic rings. The summed E-state index contributed by atoms with van der Waals surface area (Å²) in [5.74, 6) is 2.54. The summed E-state index contributed by atoms with van der Waals surface area (Å²) >= 11 is 0. The number of esters is 1. The van der Waals surface area contributed by atoms with Crippen molar-refractivity contribution >= 4 is 5.97 Å². The van der Waals surface area contributed by atoms with Crippen molar-refractivity contribution < 1.29 is 13.9 Å². The fourth-order valence-corrected chi connectivity index (χ4v) is 8.58. The summed E-state index contributed by atoms with van der Waals surface area (Å²) < 4.78 is 11.2. The molecule has 0 radical (unpaired) electrons. The van der Waals surface area contributed by atoms with Crippen LogP contribution in [0.15, 0.2) is 39.3 Å². The number of carbonyl (C=O) groups excluding carboxylic acids is 1. The Kier molecular flexibility index (Phi) is 6.52. The van der Waals surface area contributed by atoms with Crippen LogP contribution in [0.25, 0.3) is 0 Å². The molecule has 1 aromatic heterocycles. The minimum Gasteiger partial charge on any atom is -0.461 e. The highest BCUT2D eigenvalue weighted by atomic mass is 16.5. The maximum atomic E-state index is 12.6. The molecule has 5 heteroatoms. The zero-order chi connectivity index (χ0) is 25.0. The quantitative estimate of drug-likeness (QED) is 0.414. The van der Waals surface area contributed by atoms with Crippen LogP contribution in [-0.4, -0.2) is 18.1 Å². The van der Waals surface area contributed by atoms with Crippen LogP contribution in [0.5, 0.6) is 0 Å². The Morgan fingerprint density at radius 3 is 2.69 bits per heavy atom. The number of rotatable bonds is 5. The predicted molar refractivity (Wildman–Crippen MR) is 137 cm³/mol. The molecule has 0 saturated heterocycles. The second-order valence-electron chi connectivity index (χ2n) is 12.9. The maximum absolute atomic E-state index is 12.6. The van der Waals surface area contributed by atoms with Crippen LogP contribution in [0.3, 0.4) is 0 Å². The van der Waals surface area contributed by atoms with Gasteiger partial charge in [-0.15, -0.1) is 0 Å². The molecule has 0 aromatic carbocycles. The molecule has 0 aliphatic heterocycles. The molecule has 0 bridgehead atoms. The molecule has 1 heterocycles. The molecular formula is C30H43NO4. The van der Waals surface area contributed by atoms with Crippen molar-refractivity contribution in [2.75, 3.05) is 0 Å². The average molecular weight is 482 g/mol. The van der Waals surface area contributed by atoms with Crippen LogP contribution >= 0.6 is 0 Å². The van der Waals surface area contributed by atoms with Gasteiger partial charge in [-0.2, -0.15) is 0 Å². The maximum Gasteiger partial charge on any atom is 0.335 e. The zero-order valence-corrected chi connectivity index (χ0v) is 21.9. The first-order valence-electron chi connectivity index (χ1n) is 13.9. The van der Waals surface area contributed by atoms with Gasteiger partial charge in [-0.1, -0.05) is 39.3 Å². The van der Waals surface area contributed by atoms with E-state index in [0.29, 0.717) is 41.4 Å². The van der Waals surface area contributed by atoms with Gasteiger partial charge in [0.1, 0.15) is 12.1 Å². The van der Waals surface area contributed by atoms with Crippen molar-refractivity contribution in [3.63, 3.8) is 0 Å². The van der Waals surface area contributed by atoms with Gasteiger partial charge in [0.25, 0.3) is 0 Å². The fraction of sp³-hybridized carbons (Fsp3) is 0.733.